The number of methoxy groups -OCH3 is 1. The van der Waals surface area contributed by atoms with E-state index in [1.54, 1.807) is 11.8 Å². The van der Waals surface area contributed by atoms with Gasteiger partial charge < -0.3 is 20.3 Å². The number of hydrogen-bond donors (Lipinski definition) is 2. The summed E-state index contributed by atoms with van der Waals surface area (Å²) < 4.78 is 8.16. The smallest absolute Gasteiger partial charge is 0.274 e. The Bertz CT molecular complexity index is 1300. The molecule has 1 aliphatic rings. The lowest BCUT2D eigenvalue weighted by Crippen LogP contribution is -2.54. The molecule has 5 rings (SSSR count). The van der Waals surface area contributed by atoms with Gasteiger partial charge in [-0.05, 0) is 44.2 Å². The first kappa shape index (κ1) is 20.7. The highest BCUT2D eigenvalue weighted by Gasteiger charge is 2.25. The number of rotatable bonds is 4. The Hall–Kier alpha value is -3.17. The number of carbonyl (C=O) groups is 1. The standard InChI is InChI=1S/C23H26N6O2S/c1-13-10-29(11-14(2)24-13)19-8-6-17(20-21(19)32-23(26-20)31-4)22(30)25-16-5-7-18-15(9-16)12-28(3)27-18/h5-9,12-14,24H,10-11H2,1-4H3,(H,25,30)/t13-,14-/m0/s1. The molecule has 4 aromatic rings. The van der Waals surface area contributed by atoms with Gasteiger partial charge in [-0.15, -0.1) is 0 Å². The lowest BCUT2D eigenvalue weighted by molar-refractivity contribution is 0.102. The number of hydrogen-bond acceptors (Lipinski definition) is 7. The summed E-state index contributed by atoms with van der Waals surface area (Å²) in [6.45, 7) is 6.18. The number of piperazine rings is 1. The molecule has 2 aromatic heterocycles. The van der Waals surface area contributed by atoms with E-state index in [1.807, 2.05) is 43.6 Å². The zero-order valence-electron chi connectivity index (χ0n) is 18.5. The Morgan fingerprint density at radius 1 is 1.22 bits per heavy atom. The zero-order valence-corrected chi connectivity index (χ0v) is 19.4. The van der Waals surface area contributed by atoms with Crippen molar-refractivity contribution in [1.82, 2.24) is 20.1 Å². The predicted octanol–water partition coefficient (Wildman–Crippen LogP) is 3.63. The lowest BCUT2D eigenvalue weighted by Gasteiger charge is -2.37. The van der Waals surface area contributed by atoms with E-state index in [0.717, 1.165) is 40.1 Å². The van der Waals surface area contributed by atoms with Crippen molar-refractivity contribution in [2.24, 2.45) is 7.05 Å². The van der Waals surface area contributed by atoms with Crippen LogP contribution in [0.3, 0.4) is 0 Å². The average Bonchev–Trinajstić information content (AvgIpc) is 3.34. The second kappa shape index (κ2) is 8.07. The fraction of sp³-hybridized carbons (Fsp3) is 0.348. The molecule has 1 aliphatic heterocycles. The molecule has 9 heteroatoms. The van der Waals surface area contributed by atoms with Crippen molar-refractivity contribution in [3.63, 3.8) is 0 Å². The van der Waals surface area contributed by atoms with Gasteiger partial charge in [0.1, 0.15) is 5.52 Å². The number of amides is 1. The van der Waals surface area contributed by atoms with Crippen LogP contribution in [0.15, 0.2) is 36.5 Å². The average molecular weight is 451 g/mol. The maximum atomic E-state index is 13.2. The molecule has 1 saturated heterocycles. The number of aromatic nitrogens is 3. The SMILES string of the molecule is COc1nc2c(C(=O)Nc3ccc4nn(C)cc4c3)ccc(N3C[C@H](C)N[C@@H](C)C3)c2s1. The summed E-state index contributed by atoms with van der Waals surface area (Å²) in [4.78, 5) is 20.2. The summed E-state index contributed by atoms with van der Waals surface area (Å²) >= 11 is 1.48. The maximum absolute atomic E-state index is 13.2. The van der Waals surface area contributed by atoms with E-state index in [2.05, 4.69) is 39.5 Å². The van der Waals surface area contributed by atoms with Crippen LogP contribution in [0.5, 0.6) is 5.19 Å². The van der Waals surface area contributed by atoms with Gasteiger partial charge in [0.15, 0.2) is 0 Å². The van der Waals surface area contributed by atoms with Gasteiger partial charge in [0.05, 0.1) is 28.6 Å². The Morgan fingerprint density at radius 2 is 2.00 bits per heavy atom. The van der Waals surface area contributed by atoms with Crippen molar-refractivity contribution >= 4 is 49.7 Å². The third-order valence-electron chi connectivity index (χ3n) is 5.70. The minimum absolute atomic E-state index is 0.195. The number of fused-ring (bicyclic) bond motifs is 2. The second-order valence-electron chi connectivity index (χ2n) is 8.40. The van der Waals surface area contributed by atoms with Crippen molar-refractivity contribution in [2.75, 3.05) is 30.4 Å². The van der Waals surface area contributed by atoms with Crippen LogP contribution in [0.2, 0.25) is 0 Å². The highest BCUT2D eigenvalue weighted by atomic mass is 32.1. The van der Waals surface area contributed by atoms with Gasteiger partial charge in [0, 0.05) is 49.5 Å². The van der Waals surface area contributed by atoms with Crippen molar-refractivity contribution in [2.45, 2.75) is 25.9 Å². The van der Waals surface area contributed by atoms with Crippen molar-refractivity contribution < 1.29 is 9.53 Å². The third kappa shape index (κ3) is 3.78. The number of nitrogens with one attached hydrogen (secondary N) is 2. The van der Waals surface area contributed by atoms with Crippen LogP contribution in [0.25, 0.3) is 21.1 Å². The number of benzene rings is 2. The normalized spacial score (nSPS) is 18.9. The van der Waals surface area contributed by atoms with Gasteiger partial charge in [-0.25, -0.2) is 4.98 Å². The molecule has 2 atom stereocenters. The van der Waals surface area contributed by atoms with Gasteiger partial charge >= 0.3 is 0 Å². The molecule has 1 amide bonds. The molecule has 0 saturated carbocycles. The van der Waals surface area contributed by atoms with Gasteiger partial charge in [0.2, 0.25) is 0 Å². The van der Waals surface area contributed by atoms with Gasteiger partial charge in [0.25, 0.3) is 11.1 Å². The van der Waals surface area contributed by atoms with Crippen LogP contribution >= 0.6 is 11.3 Å². The van der Waals surface area contributed by atoms with Crippen LogP contribution in [0.1, 0.15) is 24.2 Å². The first-order chi connectivity index (χ1) is 15.4. The summed E-state index contributed by atoms with van der Waals surface area (Å²) in [6.07, 6.45) is 1.93. The van der Waals surface area contributed by atoms with Crippen LogP contribution in [-0.4, -0.2) is 53.0 Å². The van der Waals surface area contributed by atoms with Gasteiger partial charge in [-0.3, -0.25) is 9.48 Å². The van der Waals surface area contributed by atoms with E-state index in [1.165, 1.54) is 11.3 Å². The highest BCUT2D eigenvalue weighted by molar-refractivity contribution is 7.21. The maximum Gasteiger partial charge on any atom is 0.274 e. The third-order valence-corrected chi connectivity index (χ3v) is 6.74. The largest absolute Gasteiger partial charge is 0.473 e. The molecule has 166 valence electrons. The fourth-order valence-corrected chi connectivity index (χ4v) is 5.39. The first-order valence-corrected chi connectivity index (χ1v) is 11.5. The summed E-state index contributed by atoms with van der Waals surface area (Å²) in [6, 6.07) is 10.4. The number of nitrogens with zero attached hydrogens (tertiary/aromatic N) is 4. The topological polar surface area (TPSA) is 84.3 Å². The Morgan fingerprint density at radius 3 is 2.75 bits per heavy atom. The molecule has 3 heterocycles. The molecule has 32 heavy (non-hydrogen) atoms. The number of anilines is 2. The van der Waals surface area contributed by atoms with E-state index in [9.17, 15) is 4.79 Å². The molecule has 1 fully saturated rings. The van der Waals surface area contributed by atoms with Crippen LogP contribution in [0, 0.1) is 0 Å². The van der Waals surface area contributed by atoms with Crippen molar-refractivity contribution in [3.05, 3.63) is 42.1 Å². The molecular weight excluding hydrogens is 424 g/mol. The monoisotopic (exact) mass is 450 g/mol. The van der Waals surface area contributed by atoms with Crippen molar-refractivity contribution in [3.8, 4) is 5.19 Å². The molecule has 0 radical (unpaired) electrons. The zero-order chi connectivity index (χ0) is 22.4. The molecule has 0 bridgehead atoms. The minimum Gasteiger partial charge on any atom is -0.473 e. The Labute approximate surface area is 190 Å². The Kier molecular flexibility index (Phi) is 5.22. The molecule has 2 aromatic carbocycles. The van der Waals surface area contributed by atoms with E-state index < -0.39 is 0 Å². The number of ether oxygens (including phenoxy) is 1. The highest BCUT2D eigenvalue weighted by Crippen LogP contribution is 2.38. The van der Waals surface area contributed by atoms with E-state index in [4.69, 9.17) is 4.74 Å². The molecule has 0 aliphatic carbocycles. The second-order valence-corrected chi connectivity index (χ2v) is 9.36. The summed E-state index contributed by atoms with van der Waals surface area (Å²) in [5, 5.41) is 12.5. The Balaban J connectivity index is 1.50. The first-order valence-electron chi connectivity index (χ1n) is 10.6. The van der Waals surface area contributed by atoms with Gasteiger partial charge in [-0.2, -0.15) is 5.10 Å². The fourth-order valence-electron chi connectivity index (χ4n) is 4.44. The van der Waals surface area contributed by atoms with E-state index in [0.29, 0.717) is 28.4 Å². The molecule has 2 N–H and O–H groups in total. The number of aryl methyl sites for hydroxylation is 1. The summed E-state index contributed by atoms with van der Waals surface area (Å²) in [5.41, 5.74) is 3.91. The van der Waals surface area contributed by atoms with Crippen molar-refractivity contribution in [1.29, 1.82) is 0 Å². The number of carbonyl (C=O) groups excluding carboxylic acids is 1. The summed E-state index contributed by atoms with van der Waals surface area (Å²) in [7, 11) is 3.49. The quantitative estimate of drug-likeness (QED) is 0.494. The molecule has 8 nitrogen and oxygen atoms in total. The van der Waals surface area contributed by atoms with Crippen LogP contribution < -0.4 is 20.3 Å². The van der Waals surface area contributed by atoms with E-state index in [-0.39, 0.29) is 5.91 Å². The van der Waals surface area contributed by atoms with Crippen LogP contribution in [0.4, 0.5) is 11.4 Å². The number of thiazole rings is 1. The molecule has 0 unspecified atom stereocenters. The van der Waals surface area contributed by atoms with Gasteiger partial charge in [-0.1, -0.05) is 11.3 Å². The molecular formula is C23H26N6O2S. The lowest BCUT2D eigenvalue weighted by atomic mass is 10.1. The molecule has 0 spiro atoms. The minimum atomic E-state index is -0.195. The van der Waals surface area contributed by atoms with E-state index >= 15 is 0 Å². The summed E-state index contributed by atoms with van der Waals surface area (Å²) in [5.74, 6) is -0.195. The predicted molar refractivity (Wildman–Crippen MR) is 129 cm³/mol. The van der Waals surface area contributed by atoms with Crippen LogP contribution in [-0.2, 0) is 7.05 Å².